The average molecular weight is 290 g/mol. The predicted octanol–water partition coefficient (Wildman–Crippen LogP) is 4.72. The Balaban J connectivity index is 3.04. The topological polar surface area (TPSA) is 17.1 Å². The maximum Gasteiger partial charge on any atom is 0.167 e. The first-order valence-electron chi connectivity index (χ1n) is 5.09. The maximum absolute atomic E-state index is 12.1. The normalized spacial score (nSPS) is 10.7. The van der Waals surface area contributed by atoms with E-state index in [1.54, 1.807) is 12.1 Å². The molecule has 0 aliphatic rings. The van der Waals surface area contributed by atoms with Gasteiger partial charge in [0.1, 0.15) is 0 Å². The Bertz CT molecular complexity index is 359. The van der Waals surface area contributed by atoms with Gasteiger partial charge in [0.05, 0.1) is 5.02 Å². The van der Waals surface area contributed by atoms with Crippen LogP contribution < -0.4 is 0 Å². The lowest BCUT2D eigenvalue weighted by Crippen LogP contribution is -2.13. The molecule has 0 unspecified atom stereocenters. The monoisotopic (exact) mass is 288 g/mol. The third-order valence-electron chi connectivity index (χ3n) is 2.55. The molecule has 0 N–H and O–H groups in total. The van der Waals surface area contributed by atoms with Gasteiger partial charge >= 0.3 is 0 Å². The smallest absolute Gasteiger partial charge is 0.167 e. The number of carbonyl (C=O) groups is 1. The number of halogens is 2. The zero-order chi connectivity index (χ0) is 11.4. The molecule has 0 fully saturated rings. The van der Waals surface area contributed by atoms with Crippen LogP contribution in [0, 0.1) is 5.92 Å². The zero-order valence-electron chi connectivity index (χ0n) is 8.89. The van der Waals surface area contributed by atoms with E-state index in [0.29, 0.717) is 10.6 Å². The Hall–Kier alpha value is -0.340. The molecule has 0 amide bonds. The van der Waals surface area contributed by atoms with Crippen LogP contribution in [-0.2, 0) is 0 Å². The maximum atomic E-state index is 12.1. The molecular formula is C12H14BrClO. The summed E-state index contributed by atoms with van der Waals surface area (Å²) < 4.78 is 0.890. The molecule has 0 aliphatic heterocycles. The summed E-state index contributed by atoms with van der Waals surface area (Å²) >= 11 is 9.35. The van der Waals surface area contributed by atoms with Gasteiger partial charge in [0.25, 0.3) is 0 Å². The van der Waals surface area contributed by atoms with Crippen LogP contribution in [0.5, 0.6) is 0 Å². The number of benzene rings is 1. The second-order valence-electron chi connectivity index (χ2n) is 3.50. The highest BCUT2D eigenvalue weighted by Gasteiger charge is 2.18. The van der Waals surface area contributed by atoms with E-state index < -0.39 is 0 Å². The minimum Gasteiger partial charge on any atom is -0.294 e. The van der Waals surface area contributed by atoms with Crippen LogP contribution >= 0.6 is 27.5 Å². The number of ketones is 1. The van der Waals surface area contributed by atoms with Crippen molar-refractivity contribution in [3.63, 3.8) is 0 Å². The first kappa shape index (κ1) is 12.7. The molecule has 0 saturated heterocycles. The van der Waals surface area contributed by atoms with Crippen LogP contribution in [0.3, 0.4) is 0 Å². The zero-order valence-corrected chi connectivity index (χ0v) is 11.2. The Morgan fingerprint density at radius 1 is 1.40 bits per heavy atom. The van der Waals surface area contributed by atoms with E-state index in [1.807, 2.05) is 19.9 Å². The van der Waals surface area contributed by atoms with Crippen molar-refractivity contribution in [3.8, 4) is 0 Å². The standard InChI is InChI=1S/C12H14BrClO/c1-3-8(4-2)12(15)10-7-9(13)5-6-11(10)14/h5-8H,3-4H2,1-2H3. The van der Waals surface area contributed by atoms with Crippen molar-refractivity contribution >= 4 is 33.3 Å². The molecule has 0 aromatic heterocycles. The molecule has 1 rings (SSSR count). The molecule has 15 heavy (non-hydrogen) atoms. The highest BCUT2D eigenvalue weighted by atomic mass is 79.9. The highest BCUT2D eigenvalue weighted by molar-refractivity contribution is 9.10. The minimum absolute atomic E-state index is 0.0804. The molecule has 0 radical (unpaired) electrons. The average Bonchev–Trinajstić information content (AvgIpc) is 2.23. The van der Waals surface area contributed by atoms with Gasteiger partial charge in [0, 0.05) is 16.0 Å². The van der Waals surface area contributed by atoms with Crippen LogP contribution in [-0.4, -0.2) is 5.78 Å². The molecule has 1 aromatic carbocycles. The summed E-state index contributed by atoms with van der Waals surface area (Å²) in [4.78, 5) is 12.1. The van der Waals surface area contributed by atoms with Crippen LogP contribution in [0.1, 0.15) is 37.0 Å². The van der Waals surface area contributed by atoms with E-state index in [9.17, 15) is 4.79 Å². The fourth-order valence-corrected chi connectivity index (χ4v) is 2.14. The Morgan fingerprint density at radius 2 is 2.00 bits per heavy atom. The number of rotatable bonds is 4. The van der Waals surface area contributed by atoms with Gasteiger partial charge in [-0.1, -0.05) is 41.4 Å². The largest absolute Gasteiger partial charge is 0.294 e. The summed E-state index contributed by atoms with van der Waals surface area (Å²) in [5.74, 6) is 0.225. The van der Waals surface area contributed by atoms with E-state index in [1.165, 1.54) is 0 Å². The first-order chi connectivity index (χ1) is 7.10. The highest BCUT2D eigenvalue weighted by Crippen LogP contribution is 2.25. The fourth-order valence-electron chi connectivity index (χ4n) is 1.57. The van der Waals surface area contributed by atoms with Gasteiger partial charge < -0.3 is 0 Å². The molecule has 1 nitrogen and oxygen atoms in total. The van der Waals surface area contributed by atoms with Crippen LogP contribution in [0.25, 0.3) is 0 Å². The lowest BCUT2D eigenvalue weighted by molar-refractivity contribution is 0.0913. The van der Waals surface area contributed by atoms with E-state index in [-0.39, 0.29) is 11.7 Å². The van der Waals surface area contributed by atoms with E-state index in [2.05, 4.69) is 15.9 Å². The molecule has 0 heterocycles. The molecular weight excluding hydrogens is 275 g/mol. The van der Waals surface area contributed by atoms with E-state index in [4.69, 9.17) is 11.6 Å². The SMILES string of the molecule is CCC(CC)C(=O)c1cc(Br)ccc1Cl. The summed E-state index contributed by atoms with van der Waals surface area (Å²) in [6, 6.07) is 5.39. The van der Waals surface area contributed by atoms with Crippen molar-refractivity contribution in [1.82, 2.24) is 0 Å². The second kappa shape index (κ2) is 5.66. The molecule has 82 valence electrons. The summed E-state index contributed by atoms with van der Waals surface area (Å²) in [5.41, 5.74) is 0.625. The quantitative estimate of drug-likeness (QED) is 0.733. The molecule has 0 aliphatic carbocycles. The number of hydrogen-bond donors (Lipinski definition) is 0. The van der Waals surface area contributed by atoms with Gasteiger partial charge in [0.2, 0.25) is 0 Å². The summed E-state index contributed by atoms with van der Waals surface area (Å²) in [7, 11) is 0. The van der Waals surface area contributed by atoms with Crippen LogP contribution in [0.15, 0.2) is 22.7 Å². The van der Waals surface area contributed by atoms with Crippen LogP contribution in [0.2, 0.25) is 5.02 Å². The van der Waals surface area contributed by atoms with Gasteiger partial charge in [-0.2, -0.15) is 0 Å². The molecule has 3 heteroatoms. The number of hydrogen-bond acceptors (Lipinski definition) is 1. The van der Waals surface area contributed by atoms with Gasteiger partial charge in [-0.15, -0.1) is 0 Å². The summed E-state index contributed by atoms with van der Waals surface area (Å²) in [6.45, 7) is 4.05. The molecule has 0 bridgehead atoms. The van der Waals surface area contributed by atoms with Crippen molar-refractivity contribution in [2.45, 2.75) is 26.7 Å². The third-order valence-corrected chi connectivity index (χ3v) is 3.37. The third kappa shape index (κ3) is 3.05. The predicted molar refractivity (Wildman–Crippen MR) is 67.6 cm³/mol. The van der Waals surface area contributed by atoms with Gasteiger partial charge in [-0.25, -0.2) is 0 Å². The van der Waals surface area contributed by atoms with Crippen molar-refractivity contribution in [1.29, 1.82) is 0 Å². The Morgan fingerprint density at radius 3 is 2.53 bits per heavy atom. The van der Waals surface area contributed by atoms with Crippen molar-refractivity contribution in [2.75, 3.05) is 0 Å². The second-order valence-corrected chi connectivity index (χ2v) is 4.82. The van der Waals surface area contributed by atoms with Crippen molar-refractivity contribution < 1.29 is 4.79 Å². The lowest BCUT2D eigenvalue weighted by Gasteiger charge is -2.12. The molecule has 1 aromatic rings. The van der Waals surface area contributed by atoms with Crippen molar-refractivity contribution in [2.24, 2.45) is 5.92 Å². The van der Waals surface area contributed by atoms with Crippen LogP contribution in [0.4, 0.5) is 0 Å². The van der Waals surface area contributed by atoms with E-state index in [0.717, 1.165) is 17.3 Å². The van der Waals surface area contributed by atoms with Gasteiger partial charge in [-0.3, -0.25) is 4.79 Å². The van der Waals surface area contributed by atoms with Gasteiger partial charge in [-0.05, 0) is 31.0 Å². The fraction of sp³-hybridized carbons (Fsp3) is 0.417. The van der Waals surface area contributed by atoms with E-state index >= 15 is 0 Å². The first-order valence-corrected chi connectivity index (χ1v) is 6.26. The number of Topliss-reactive ketones (excluding diaryl/α,β-unsaturated/α-hetero) is 1. The Labute approximate surface area is 104 Å². The Kier molecular flexibility index (Phi) is 4.81. The molecule has 0 atom stereocenters. The molecule has 0 saturated carbocycles. The lowest BCUT2D eigenvalue weighted by atomic mass is 9.93. The van der Waals surface area contributed by atoms with Crippen molar-refractivity contribution in [3.05, 3.63) is 33.3 Å². The van der Waals surface area contributed by atoms with Gasteiger partial charge in [0.15, 0.2) is 5.78 Å². The minimum atomic E-state index is 0.0804. The molecule has 0 spiro atoms. The summed E-state index contributed by atoms with van der Waals surface area (Å²) in [5, 5.41) is 0.537. The summed E-state index contributed by atoms with van der Waals surface area (Å²) in [6.07, 6.45) is 1.72. The number of carbonyl (C=O) groups excluding carboxylic acids is 1.